The highest BCUT2D eigenvalue weighted by Gasteiger charge is 2.34. The lowest BCUT2D eigenvalue weighted by Gasteiger charge is -2.26. The summed E-state index contributed by atoms with van der Waals surface area (Å²) in [7, 11) is 0. The summed E-state index contributed by atoms with van der Waals surface area (Å²) in [5.41, 5.74) is 4.23. The molecule has 1 aliphatic heterocycles. The summed E-state index contributed by atoms with van der Waals surface area (Å²) in [6, 6.07) is 9.37. The largest absolute Gasteiger partial charge is 0.365 e. The Labute approximate surface area is 194 Å². The molecule has 2 amide bonds. The van der Waals surface area contributed by atoms with Crippen LogP contribution in [0.5, 0.6) is 0 Å². The minimum atomic E-state index is -0.349. The van der Waals surface area contributed by atoms with Gasteiger partial charge in [-0.25, -0.2) is 0 Å². The summed E-state index contributed by atoms with van der Waals surface area (Å²) in [5.74, 6) is 0.325. The summed E-state index contributed by atoms with van der Waals surface area (Å²) in [6.45, 7) is 8.77. The van der Waals surface area contributed by atoms with Gasteiger partial charge in [0, 0.05) is 19.2 Å². The van der Waals surface area contributed by atoms with E-state index in [0.29, 0.717) is 18.9 Å². The van der Waals surface area contributed by atoms with Crippen molar-refractivity contribution in [2.45, 2.75) is 59.0 Å². The van der Waals surface area contributed by atoms with Crippen molar-refractivity contribution in [2.75, 3.05) is 6.54 Å². The van der Waals surface area contributed by atoms with E-state index < -0.39 is 0 Å². The Hall–Kier alpha value is -3.42. The Kier molecular flexibility index (Phi) is 8.40. The van der Waals surface area contributed by atoms with E-state index in [1.54, 1.807) is 23.4 Å². The number of H-pyrrole nitrogens is 1. The highest BCUT2D eigenvalue weighted by Crippen LogP contribution is 2.25. The molecule has 4 rings (SSSR count). The highest BCUT2D eigenvalue weighted by molar-refractivity contribution is 5.88. The van der Waals surface area contributed by atoms with Crippen molar-refractivity contribution < 1.29 is 14.1 Å². The third-order valence-corrected chi connectivity index (χ3v) is 5.71. The van der Waals surface area contributed by atoms with E-state index in [2.05, 4.69) is 31.3 Å². The molecule has 0 aliphatic carbocycles. The first-order chi connectivity index (χ1) is 15.9. The molecule has 176 valence electrons. The molecule has 0 saturated carbocycles. The number of nitrogens with zero attached hydrogens (tertiary/aromatic N) is 3. The molecule has 2 N–H and O–H groups in total. The maximum atomic E-state index is 12.9. The fourth-order valence-electron chi connectivity index (χ4n) is 4.11. The van der Waals surface area contributed by atoms with Gasteiger partial charge in [-0.15, -0.1) is 0 Å². The van der Waals surface area contributed by atoms with Crippen LogP contribution in [0.4, 0.5) is 0 Å². The molecule has 3 aromatic rings. The normalized spacial score (nSPS) is 16.3. The lowest BCUT2D eigenvalue weighted by atomic mass is 9.98. The quantitative estimate of drug-likeness (QED) is 0.582. The van der Waals surface area contributed by atoms with Gasteiger partial charge in [0.1, 0.15) is 12.3 Å². The van der Waals surface area contributed by atoms with Crippen molar-refractivity contribution >= 4 is 11.8 Å². The second-order valence-corrected chi connectivity index (χ2v) is 8.80. The summed E-state index contributed by atoms with van der Waals surface area (Å²) in [4.78, 5) is 27.1. The number of carbonyl (C=O) groups excluding carboxylic acids is 2. The summed E-state index contributed by atoms with van der Waals surface area (Å²) < 4.78 is 4.33. The number of amides is 2. The fraction of sp³-hybridized carbons (Fsp3) is 0.440. The van der Waals surface area contributed by atoms with E-state index in [1.807, 2.05) is 45.9 Å². The first-order valence-electron chi connectivity index (χ1n) is 11.4. The zero-order valence-electron chi connectivity index (χ0n) is 19.7. The molecule has 8 nitrogen and oxygen atoms in total. The van der Waals surface area contributed by atoms with Gasteiger partial charge in [0.2, 0.25) is 11.8 Å². The molecule has 3 heterocycles. The molecule has 8 heteroatoms. The Morgan fingerprint density at radius 1 is 1.24 bits per heavy atom. The van der Waals surface area contributed by atoms with Crippen LogP contribution in [0.3, 0.4) is 0 Å². The van der Waals surface area contributed by atoms with Gasteiger partial charge in [-0.05, 0) is 67.5 Å². The number of aromatic amines is 1. The van der Waals surface area contributed by atoms with E-state index in [4.69, 9.17) is 0 Å². The Bertz CT molecular complexity index is 998. The van der Waals surface area contributed by atoms with Crippen LogP contribution in [0.15, 0.2) is 53.5 Å². The monoisotopic (exact) mass is 451 g/mol. The number of carbonyl (C=O) groups is 2. The molecule has 0 spiro atoms. The lowest BCUT2D eigenvalue weighted by Crippen LogP contribution is -2.46. The Balaban J connectivity index is 0.000000541. The number of hydrogen-bond acceptors (Lipinski definition) is 5. The van der Waals surface area contributed by atoms with E-state index >= 15 is 0 Å². The summed E-state index contributed by atoms with van der Waals surface area (Å²) in [5, 5.41) is 13.4. The number of rotatable bonds is 6. The SMILES string of the molecule is Cc1cc(-c2ccn[nH]2)ccc1C(C)NC(=O)C1CCCN1C(=O)CC(C)C.c1cnoc1. The molecule has 2 atom stereocenters. The Morgan fingerprint density at radius 2 is 2.06 bits per heavy atom. The Morgan fingerprint density at radius 3 is 2.64 bits per heavy atom. The molecule has 2 aromatic heterocycles. The average Bonchev–Trinajstić information content (AvgIpc) is 3.57. The number of aromatic nitrogens is 3. The fourth-order valence-corrected chi connectivity index (χ4v) is 4.11. The van der Waals surface area contributed by atoms with Crippen LogP contribution in [-0.4, -0.2) is 44.7 Å². The minimum Gasteiger partial charge on any atom is -0.365 e. The van der Waals surface area contributed by atoms with Crippen molar-refractivity contribution in [3.8, 4) is 11.3 Å². The zero-order chi connectivity index (χ0) is 23.8. The van der Waals surface area contributed by atoms with Crippen LogP contribution in [0.1, 0.15) is 57.2 Å². The van der Waals surface area contributed by atoms with E-state index in [0.717, 1.165) is 35.2 Å². The van der Waals surface area contributed by atoms with Crippen molar-refractivity contribution in [2.24, 2.45) is 5.92 Å². The molecule has 1 saturated heterocycles. The minimum absolute atomic E-state index is 0.0563. The van der Waals surface area contributed by atoms with Crippen molar-refractivity contribution in [3.63, 3.8) is 0 Å². The van der Waals surface area contributed by atoms with Gasteiger partial charge in [0.05, 0.1) is 17.9 Å². The molecule has 33 heavy (non-hydrogen) atoms. The smallest absolute Gasteiger partial charge is 0.243 e. The molecule has 1 fully saturated rings. The van der Waals surface area contributed by atoms with Crippen LogP contribution < -0.4 is 5.32 Å². The van der Waals surface area contributed by atoms with Crippen LogP contribution in [-0.2, 0) is 9.59 Å². The van der Waals surface area contributed by atoms with Gasteiger partial charge in [0.25, 0.3) is 0 Å². The first-order valence-corrected chi connectivity index (χ1v) is 11.4. The maximum Gasteiger partial charge on any atom is 0.243 e. The number of hydrogen-bond donors (Lipinski definition) is 2. The predicted molar refractivity (Wildman–Crippen MR) is 126 cm³/mol. The van der Waals surface area contributed by atoms with Gasteiger partial charge in [-0.3, -0.25) is 14.7 Å². The van der Waals surface area contributed by atoms with Crippen LogP contribution >= 0.6 is 0 Å². The van der Waals surface area contributed by atoms with Crippen LogP contribution in [0.2, 0.25) is 0 Å². The zero-order valence-corrected chi connectivity index (χ0v) is 19.7. The molecule has 1 aliphatic rings. The number of aryl methyl sites for hydroxylation is 1. The molecule has 1 aromatic carbocycles. The van der Waals surface area contributed by atoms with Crippen molar-refractivity contribution in [1.29, 1.82) is 0 Å². The maximum absolute atomic E-state index is 12.9. The molecule has 2 unspecified atom stereocenters. The second kappa shape index (κ2) is 11.4. The highest BCUT2D eigenvalue weighted by atomic mass is 16.5. The third-order valence-electron chi connectivity index (χ3n) is 5.71. The van der Waals surface area contributed by atoms with Gasteiger partial charge in [-0.2, -0.15) is 5.10 Å². The summed E-state index contributed by atoms with van der Waals surface area (Å²) in [6.07, 6.45) is 6.94. The van der Waals surface area contributed by atoms with Gasteiger partial charge in [-0.1, -0.05) is 31.1 Å². The van der Waals surface area contributed by atoms with Gasteiger partial charge < -0.3 is 14.7 Å². The average molecular weight is 452 g/mol. The topological polar surface area (TPSA) is 104 Å². The van der Waals surface area contributed by atoms with Crippen LogP contribution in [0.25, 0.3) is 11.3 Å². The molecular formula is C25H33N5O3. The first kappa shape index (κ1) is 24.2. The predicted octanol–water partition coefficient (Wildman–Crippen LogP) is 4.27. The van der Waals surface area contributed by atoms with E-state index in [-0.39, 0.29) is 23.9 Å². The van der Waals surface area contributed by atoms with Gasteiger partial charge >= 0.3 is 0 Å². The second-order valence-electron chi connectivity index (χ2n) is 8.80. The molecule has 0 bridgehead atoms. The molecule has 0 radical (unpaired) electrons. The van der Waals surface area contributed by atoms with E-state index in [9.17, 15) is 9.59 Å². The third kappa shape index (κ3) is 6.54. The summed E-state index contributed by atoms with van der Waals surface area (Å²) >= 11 is 0. The van der Waals surface area contributed by atoms with Crippen molar-refractivity contribution in [3.05, 3.63) is 60.1 Å². The van der Waals surface area contributed by atoms with Gasteiger partial charge in [0.15, 0.2) is 0 Å². The number of nitrogens with one attached hydrogen (secondary N) is 2. The lowest BCUT2D eigenvalue weighted by molar-refractivity contribution is -0.139. The van der Waals surface area contributed by atoms with E-state index in [1.165, 1.54) is 6.26 Å². The number of likely N-dealkylation sites (tertiary alicyclic amines) is 1. The van der Waals surface area contributed by atoms with Crippen molar-refractivity contribution in [1.82, 2.24) is 25.6 Å². The standard InChI is InChI=1S/C22H30N4O2.C3H3NO/c1-14(2)12-21(27)26-11-5-6-20(26)22(28)24-16(4)18-8-7-17(13-15(18)3)19-9-10-23-25-19;1-2-4-5-3-1/h7-10,13-14,16,20H,5-6,11-12H2,1-4H3,(H,23,25)(H,24,28);1-3H. The molecular weight excluding hydrogens is 418 g/mol. The van der Waals surface area contributed by atoms with Crippen LogP contribution in [0, 0.1) is 12.8 Å². The number of benzene rings is 1.